The van der Waals surface area contributed by atoms with Gasteiger partial charge in [0.1, 0.15) is 5.75 Å². The summed E-state index contributed by atoms with van der Waals surface area (Å²) in [6.07, 6.45) is 4.50. The first-order valence-corrected chi connectivity index (χ1v) is 7.89. The second kappa shape index (κ2) is 8.03. The summed E-state index contributed by atoms with van der Waals surface area (Å²) in [4.78, 5) is 14.6. The highest BCUT2D eigenvalue weighted by atomic mass is 16.5. The number of benzene rings is 1. The molecule has 21 heavy (non-hydrogen) atoms. The minimum absolute atomic E-state index is 0.00861. The average Bonchev–Trinajstić information content (AvgIpc) is 2.81. The van der Waals surface area contributed by atoms with E-state index in [1.54, 1.807) is 7.11 Å². The first-order valence-electron chi connectivity index (χ1n) is 7.89. The van der Waals surface area contributed by atoms with Crippen molar-refractivity contribution in [3.63, 3.8) is 0 Å². The van der Waals surface area contributed by atoms with Crippen molar-refractivity contribution in [1.82, 2.24) is 10.2 Å². The third-order valence-electron chi connectivity index (χ3n) is 4.08. The maximum atomic E-state index is 12.6. The van der Waals surface area contributed by atoms with Crippen LogP contribution in [0.4, 0.5) is 0 Å². The van der Waals surface area contributed by atoms with Crippen LogP contribution in [0.5, 0.6) is 5.75 Å². The molecule has 1 saturated heterocycles. The number of hydrogen-bond donors (Lipinski definition) is 1. The second-order valence-electron chi connectivity index (χ2n) is 5.56. The van der Waals surface area contributed by atoms with Crippen molar-refractivity contribution in [1.29, 1.82) is 0 Å². The largest absolute Gasteiger partial charge is 0.497 e. The van der Waals surface area contributed by atoms with Gasteiger partial charge in [0.15, 0.2) is 0 Å². The Morgan fingerprint density at radius 2 is 2.05 bits per heavy atom. The van der Waals surface area contributed by atoms with E-state index in [0.717, 1.165) is 37.2 Å². The molecule has 1 heterocycles. The monoisotopic (exact) mass is 290 g/mol. The Balaban J connectivity index is 1.98. The van der Waals surface area contributed by atoms with E-state index in [4.69, 9.17) is 4.74 Å². The molecule has 0 spiro atoms. The molecule has 0 bridgehead atoms. The summed E-state index contributed by atoms with van der Waals surface area (Å²) < 4.78 is 5.17. The lowest BCUT2D eigenvalue weighted by molar-refractivity contribution is -0.134. The van der Waals surface area contributed by atoms with Gasteiger partial charge < -0.3 is 15.0 Å². The summed E-state index contributed by atoms with van der Waals surface area (Å²) in [6, 6.07) is 7.92. The van der Waals surface area contributed by atoms with Crippen molar-refractivity contribution in [3.8, 4) is 5.75 Å². The van der Waals surface area contributed by atoms with Gasteiger partial charge in [0.05, 0.1) is 13.2 Å². The summed E-state index contributed by atoms with van der Waals surface area (Å²) in [5.74, 6) is 1.08. The number of nitrogens with zero attached hydrogens (tertiary/aromatic N) is 1. The Labute approximate surface area is 127 Å². The third-order valence-corrected chi connectivity index (χ3v) is 4.08. The van der Waals surface area contributed by atoms with Crippen LogP contribution in [0, 0.1) is 0 Å². The molecule has 1 amide bonds. The van der Waals surface area contributed by atoms with Gasteiger partial charge in [0.2, 0.25) is 5.91 Å². The fourth-order valence-electron chi connectivity index (χ4n) is 2.76. The Kier molecular flexibility index (Phi) is 6.05. The molecule has 116 valence electrons. The number of ether oxygens (including phenoxy) is 1. The Bertz CT molecular complexity index is 437. The van der Waals surface area contributed by atoms with Gasteiger partial charge in [-0.25, -0.2) is 0 Å². The van der Waals surface area contributed by atoms with E-state index in [2.05, 4.69) is 5.32 Å². The quantitative estimate of drug-likeness (QED) is 0.906. The summed E-state index contributed by atoms with van der Waals surface area (Å²) in [5.41, 5.74) is 1.14. The summed E-state index contributed by atoms with van der Waals surface area (Å²) >= 11 is 0. The highest BCUT2D eigenvalue weighted by Crippen LogP contribution is 2.15. The lowest BCUT2D eigenvalue weighted by Gasteiger charge is -2.26. The number of carbonyl (C=O) groups excluding carboxylic acids is 1. The first kappa shape index (κ1) is 15.8. The molecular weight excluding hydrogens is 264 g/mol. The molecule has 1 unspecified atom stereocenters. The van der Waals surface area contributed by atoms with Gasteiger partial charge in [-0.2, -0.15) is 0 Å². The Hall–Kier alpha value is -1.55. The molecule has 1 aromatic carbocycles. The molecular formula is C17H26N2O2. The molecule has 1 atom stereocenters. The fraction of sp³-hybridized carbons (Fsp3) is 0.588. The van der Waals surface area contributed by atoms with Gasteiger partial charge >= 0.3 is 0 Å². The molecule has 2 rings (SSSR count). The van der Waals surface area contributed by atoms with E-state index in [9.17, 15) is 4.79 Å². The maximum Gasteiger partial charge on any atom is 0.239 e. The van der Waals surface area contributed by atoms with Crippen LogP contribution in [0.2, 0.25) is 0 Å². The van der Waals surface area contributed by atoms with E-state index >= 15 is 0 Å². The predicted octanol–water partition coefficient (Wildman–Crippen LogP) is 2.58. The zero-order chi connectivity index (χ0) is 15.1. The van der Waals surface area contributed by atoms with Crippen molar-refractivity contribution < 1.29 is 9.53 Å². The standard InChI is InChI=1S/C17H26N2O2/c1-3-19(13-14-8-10-15(21-2)11-9-14)17(20)16-7-5-4-6-12-18-16/h8-11,16,18H,3-7,12-13H2,1-2H3. The van der Waals surface area contributed by atoms with Gasteiger partial charge in [0.25, 0.3) is 0 Å². The van der Waals surface area contributed by atoms with Crippen molar-refractivity contribution in [2.75, 3.05) is 20.2 Å². The molecule has 0 aliphatic carbocycles. The van der Waals surface area contributed by atoms with E-state index in [1.165, 1.54) is 12.8 Å². The third kappa shape index (κ3) is 4.46. The van der Waals surface area contributed by atoms with Crippen LogP contribution >= 0.6 is 0 Å². The molecule has 1 N–H and O–H groups in total. The number of rotatable bonds is 5. The van der Waals surface area contributed by atoms with E-state index in [0.29, 0.717) is 6.54 Å². The minimum Gasteiger partial charge on any atom is -0.497 e. The van der Waals surface area contributed by atoms with Crippen LogP contribution in [0.25, 0.3) is 0 Å². The van der Waals surface area contributed by atoms with E-state index < -0.39 is 0 Å². The van der Waals surface area contributed by atoms with Gasteiger partial charge in [-0.05, 0) is 44.0 Å². The maximum absolute atomic E-state index is 12.6. The topological polar surface area (TPSA) is 41.6 Å². The number of likely N-dealkylation sites (N-methyl/N-ethyl adjacent to an activating group) is 1. The summed E-state index contributed by atoms with van der Waals surface area (Å²) in [5, 5.41) is 3.39. The number of methoxy groups -OCH3 is 1. The van der Waals surface area contributed by atoms with Crippen molar-refractivity contribution in [3.05, 3.63) is 29.8 Å². The Morgan fingerprint density at radius 1 is 1.29 bits per heavy atom. The van der Waals surface area contributed by atoms with Crippen LogP contribution in [-0.2, 0) is 11.3 Å². The van der Waals surface area contributed by atoms with Gasteiger partial charge in [-0.3, -0.25) is 4.79 Å². The zero-order valence-corrected chi connectivity index (χ0v) is 13.1. The van der Waals surface area contributed by atoms with Gasteiger partial charge in [-0.1, -0.05) is 25.0 Å². The number of amides is 1. The lowest BCUT2D eigenvalue weighted by atomic mass is 10.1. The van der Waals surface area contributed by atoms with Crippen molar-refractivity contribution in [2.24, 2.45) is 0 Å². The van der Waals surface area contributed by atoms with E-state index in [-0.39, 0.29) is 11.9 Å². The van der Waals surface area contributed by atoms with Crippen LogP contribution in [0.1, 0.15) is 38.2 Å². The molecule has 4 heteroatoms. The summed E-state index contributed by atoms with van der Waals surface area (Å²) in [7, 11) is 1.66. The van der Waals surface area contributed by atoms with Crippen LogP contribution in [0.15, 0.2) is 24.3 Å². The highest BCUT2D eigenvalue weighted by Gasteiger charge is 2.24. The van der Waals surface area contributed by atoms with Crippen LogP contribution in [0.3, 0.4) is 0 Å². The smallest absolute Gasteiger partial charge is 0.239 e. The number of carbonyl (C=O) groups is 1. The van der Waals surface area contributed by atoms with Crippen LogP contribution in [-0.4, -0.2) is 37.0 Å². The predicted molar refractivity (Wildman–Crippen MR) is 84.3 cm³/mol. The van der Waals surface area contributed by atoms with Crippen molar-refractivity contribution in [2.45, 2.75) is 45.2 Å². The fourth-order valence-corrected chi connectivity index (χ4v) is 2.76. The normalized spacial score (nSPS) is 18.9. The number of hydrogen-bond acceptors (Lipinski definition) is 3. The lowest BCUT2D eigenvalue weighted by Crippen LogP contribution is -2.45. The minimum atomic E-state index is -0.00861. The highest BCUT2D eigenvalue weighted by molar-refractivity contribution is 5.81. The Morgan fingerprint density at radius 3 is 2.71 bits per heavy atom. The molecule has 1 aliphatic rings. The van der Waals surface area contributed by atoms with Crippen molar-refractivity contribution >= 4 is 5.91 Å². The summed E-state index contributed by atoms with van der Waals surface area (Å²) in [6.45, 7) is 4.40. The molecule has 0 aromatic heterocycles. The average molecular weight is 290 g/mol. The molecule has 0 saturated carbocycles. The molecule has 1 aromatic rings. The molecule has 1 aliphatic heterocycles. The zero-order valence-electron chi connectivity index (χ0n) is 13.1. The second-order valence-corrected chi connectivity index (χ2v) is 5.56. The van der Waals surface area contributed by atoms with E-state index in [1.807, 2.05) is 36.1 Å². The molecule has 1 fully saturated rings. The van der Waals surface area contributed by atoms with Gasteiger partial charge in [-0.15, -0.1) is 0 Å². The number of nitrogens with one attached hydrogen (secondary N) is 1. The van der Waals surface area contributed by atoms with Crippen LogP contribution < -0.4 is 10.1 Å². The first-order chi connectivity index (χ1) is 10.2. The van der Waals surface area contributed by atoms with Gasteiger partial charge in [0, 0.05) is 13.1 Å². The SMILES string of the molecule is CCN(Cc1ccc(OC)cc1)C(=O)C1CCCCCN1. The molecule has 4 nitrogen and oxygen atoms in total. The molecule has 0 radical (unpaired) electrons.